The highest BCUT2D eigenvalue weighted by atomic mass is 16.5. The van der Waals surface area contributed by atoms with E-state index in [9.17, 15) is 14.7 Å². The molecule has 1 aliphatic rings. The predicted octanol–water partition coefficient (Wildman–Crippen LogP) is 4.63. The fraction of sp³-hybridized carbons (Fsp3) is 0.333. The number of Topliss-reactive ketones (excluding diaryl/α,β-unsaturated/α-hetero) is 1. The van der Waals surface area contributed by atoms with E-state index in [2.05, 4.69) is 0 Å². The molecule has 0 aromatic heterocycles. The Labute approximate surface area is 147 Å². The molecule has 1 N–H and O–H groups in total. The van der Waals surface area contributed by atoms with Crippen LogP contribution in [-0.2, 0) is 9.59 Å². The first-order valence-electron chi connectivity index (χ1n) is 8.58. The second kappa shape index (κ2) is 7.09. The summed E-state index contributed by atoms with van der Waals surface area (Å²) < 4.78 is 5.91. The molecule has 0 saturated heterocycles. The van der Waals surface area contributed by atoms with Gasteiger partial charge in [0.15, 0.2) is 0 Å². The van der Waals surface area contributed by atoms with Crippen molar-refractivity contribution in [2.24, 2.45) is 11.8 Å². The minimum Gasteiger partial charge on any atom is -0.481 e. The molecule has 2 aromatic carbocycles. The van der Waals surface area contributed by atoms with E-state index in [-0.39, 0.29) is 18.1 Å². The molecule has 0 radical (unpaired) electrons. The van der Waals surface area contributed by atoms with E-state index < -0.39 is 17.8 Å². The van der Waals surface area contributed by atoms with Crippen LogP contribution < -0.4 is 4.74 Å². The van der Waals surface area contributed by atoms with Crippen molar-refractivity contribution in [3.8, 4) is 11.5 Å². The molecule has 1 unspecified atom stereocenters. The Balaban J connectivity index is 1.95. The minimum absolute atomic E-state index is 0.0286. The van der Waals surface area contributed by atoms with Gasteiger partial charge >= 0.3 is 5.97 Å². The second-order valence-electron chi connectivity index (χ2n) is 6.95. The zero-order valence-electron chi connectivity index (χ0n) is 14.4. The summed E-state index contributed by atoms with van der Waals surface area (Å²) in [5.41, 5.74) is 1.61. The van der Waals surface area contributed by atoms with E-state index in [4.69, 9.17) is 4.74 Å². The van der Waals surface area contributed by atoms with Gasteiger partial charge in [-0.1, -0.05) is 50.2 Å². The van der Waals surface area contributed by atoms with Crippen molar-refractivity contribution in [2.45, 2.75) is 32.6 Å². The highest BCUT2D eigenvalue weighted by molar-refractivity contribution is 5.93. The number of para-hydroxylation sites is 2. The summed E-state index contributed by atoms with van der Waals surface area (Å²) in [6.07, 6.45) is 0.522. The van der Waals surface area contributed by atoms with Crippen LogP contribution in [0, 0.1) is 11.8 Å². The van der Waals surface area contributed by atoms with E-state index in [1.165, 1.54) is 0 Å². The van der Waals surface area contributed by atoms with Gasteiger partial charge in [-0.2, -0.15) is 0 Å². The molecule has 0 saturated carbocycles. The van der Waals surface area contributed by atoms with Crippen LogP contribution in [-0.4, -0.2) is 16.9 Å². The first-order valence-corrected chi connectivity index (χ1v) is 8.58. The molecule has 0 amide bonds. The molecular formula is C21H22O4. The third-order valence-corrected chi connectivity index (χ3v) is 4.55. The quantitative estimate of drug-likeness (QED) is 0.834. The van der Waals surface area contributed by atoms with E-state index in [1.807, 2.05) is 62.4 Å². The number of rotatable bonds is 6. The van der Waals surface area contributed by atoms with Gasteiger partial charge in [-0.05, 0) is 24.5 Å². The molecule has 0 spiro atoms. The van der Waals surface area contributed by atoms with Gasteiger partial charge in [0.2, 0.25) is 0 Å². The number of hydrogen-bond donors (Lipinski definition) is 1. The van der Waals surface area contributed by atoms with E-state index >= 15 is 0 Å². The highest BCUT2D eigenvalue weighted by Gasteiger charge is 2.34. The van der Waals surface area contributed by atoms with Crippen molar-refractivity contribution in [3.05, 3.63) is 59.7 Å². The van der Waals surface area contributed by atoms with Gasteiger partial charge in [0.05, 0.1) is 11.8 Å². The van der Waals surface area contributed by atoms with Crippen molar-refractivity contribution in [1.29, 1.82) is 0 Å². The topological polar surface area (TPSA) is 63.6 Å². The maximum atomic E-state index is 13.1. The largest absolute Gasteiger partial charge is 0.481 e. The lowest BCUT2D eigenvalue weighted by atomic mass is 9.80. The normalized spacial score (nSPS) is 14.4. The summed E-state index contributed by atoms with van der Waals surface area (Å²) in [6, 6.07) is 14.9. The van der Waals surface area contributed by atoms with Gasteiger partial charge in [-0.15, -0.1) is 0 Å². The highest BCUT2D eigenvalue weighted by Crippen LogP contribution is 2.45. The van der Waals surface area contributed by atoms with E-state index in [0.717, 1.165) is 11.1 Å². The fourth-order valence-corrected chi connectivity index (χ4v) is 3.46. The van der Waals surface area contributed by atoms with Crippen molar-refractivity contribution in [3.63, 3.8) is 0 Å². The number of ether oxygens (including phenoxy) is 1. The molecule has 4 heteroatoms. The van der Waals surface area contributed by atoms with Crippen LogP contribution in [0.2, 0.25) is 0 Å². The number of ketones is 1. The number of fused-ring (bicyclic) bond motifs is 2. The third kappa shape index (κ3) is 3.58. The average Bonchev–Trinajstić information content (AvgIpc) is 2.58. The molecule has 1 aliphatic heterocycles. The van der Waals surface area contributed by atoms with Gasteiger partial charge in [-0.25, -0.2) is 0 Å². The molecule has 25 heavy (non-hydrogen) atoms. The van der Waals surface area contributed by atoms with Crippen molar-refractivity contribution < 1.29 is 19.4 Å². The SMILES string of the molecule is CC(C)CC(CC(=O)C1c2ccccc2Oc2ccccc21)C(=O)O. The average molecular weight is 338 g/mol. The summed E-state index contributed by atoms with van der Waals surface area (Å²) >= 11 is 0. The molecular weight excluding hydrogens is 316 g/mol. The Morgan fingerprint density at radius 2 is 1.52 bits per heavy atom. The monoisotopic (exact) mass is 338 g/mol. The Bertz CT molecular complexity index is 748. The smallest absolute Gasteiger partial charge is 0.306 e. The Morgan fingerprint density at radius 3 is 2.00 bits per heavy atom. The summed E-state index contributed by atoms with van der Waals surface area (Å²) in [5.74, 6) is -0.564. The summed E-state index contributed by atoms with van der Waals surface area (Å²) in [7, 11) is 0. The maximum absolute atomic E-state index is 13.1. The fourth-order valence-electron chi connectivity index (χ4n) is 3.46. The minimum atomic E-state index is -0.907. The second-order valence-corrected chi connectivity index (χ2v) is 6.95. The third-order valence-electron chi connectivity index (χ3n) is 4.55. The molecule has 1 heterocycles. The van der Waals surface area contributed by atoms with E-state index in [0.29, 0.717) is 17.9 Å². The number of carboxylic acid groups (broad SMARTS) is 1. The molecule has 1 atom stereocenters. The lowest BCUT2D eigenvalue weighted by molar-refractivity contribution is -0.144. The van der Waals surface area contributed by atoms with Crippen LogP contribution in [0.25, 0.3) is 0 Å². The van der Waals surface area contributed by atoms with Gasteiger partial charge < -0.3 is 9.84 Å². The maximum Gasteiger partial charge on any atom is 0.306 e. The van der Waals surface area contributed by atoms with Crippen LogP contribution in [0.4, 0.5) is 0 Å². The van der Waals surface area contributed by atoms with Crippen LogP contribution in [0.15, 0.2) is 48.5 Å². The standard InChI is InChI=1S/C21H22O4/c1-13(2)11-14(21(23)24)12-17(22)20-15-7-3-5-9-18(15)25-19-10-6-4-8-16(19)20/h3-10,13-14,20H,11-12H2,1-2H3,(H,23,24). The molecule has 0 bridgehead atoms. The number of hydrogen-bond acceptors (Lipinski definition) is 3. The first kappa shape index (κ1) is 17.2. The lowest BCUT2D eigenvalue weighted by Gasteiger charge is -2.28. The van der Waals surface area contributed by atoms with Gasteiger partial charge in [0, 0.05) is 17.5 Å². The molecule has 4 nitrogen and oxygen atoms in total. The zero-order chi connectivity index (χ0) is 18.0. The molecule has 130 valence electrons. The Morgan fingerprint density at radius 1 is 1.00 bits per heavy atom. The number of carbonyl (C=O) groups excluding carboxylic acids is 1. The number of carboxylic acids is 1. The number of benzene rings is 2. The lowest BCUT2D eigenvalue weighted by Crippen LogP contribution is -2.25. The van der Waals surface area contributed by atoms with Crippen molar-refractivity contribution in [1.82, 2.24) is 0 Å². The molecule has 0 fully saturated rings. The summed E-state index contributed by atoms with van der Waals surface area (Å²) in [4.78, 5) is 24.7. The van der Waals surface area contributed by atoms with Crippen LogP contribution in [0.1, 0.15) is 43.7 Å². The number of aliphatic carboxylic acids is 1. The molecule has 3 rings (SSSR count). The Hall–Kier alpha value is -2.62. The Kier molecular flexibility index (Phi) is 4.88. The zero-order valence-corrected chi connectivity index (χ0v) is 14.4. The predicted molar refractivity (Wildman–Crippen MR) is 95.0 cm³/mol. The van der Waals surface area contributed by atoms with Crippen molar-refractivity contribution in [2.75, 3.05) is 0 Å². The number of carbonyl (C=O) groups is 2. The van der Waals surface area contributed by atoms with E-state index in [1.54, 1.807) is 0 Å². The van der Waals surface area contributed by atoms with Crippen LogP contribution >= 0.6 is 0 Å². The van der Waals surface area contributed by atoms with Gasteiger partial charge in [0.25, 0.3) is 0 Å². The summed E-state index contributed by atoms with van der Waals surface area (Å²) in [5, 5.41) is 9.48. The molecule has 2 aromatic rings. The van der Waals surface area contributed by atoms with Crippen molar-refractivity contribution >= 4 is 11.8 Å². The molecule has 0 aliphatic carbocycles. The first-order chi connectivity index (χ1) is 12.0. The summed E-state index contributed by atoms with van der Waals surface area (Å²) in [6.45, 7) is 3.94. The van der Waals surface area contributed by atoms with Gasteiger partial charge in [-0.3, -0.25) is 9.59 Å². The van der Waals surface area contributed by atoms with Crippen LogP contribution in [0.5, 0.6) is 11.5 Å². The van der Waals surface area contributed by atoms with Crippen LogP contribution in [0.3, 0.4) is 0 Å². The van der Waals surface area contributed by atoms with Gasteiger partial charge in [0.1, 0.15) is 17.3 Å².